The molecule has 2 N–H and O–H groups in total. The van der Waals surface area contributed by atoms with Crippen LogP contribution in [0.5, 0.6) is 0 Å². The van der Waals surface area contributed by atoms with E-state index in [0.29, 0.717) is 0 Å². The number of hydrogen-bond acceptors (Lipinski definition) is 3. The minimum Gasteiger partial charge on any atom is -0.313 e. The maximum absolute atomic E-state index is 3.79. The van der Waals surface area contributed by atoms with Crippen molar-refractivity contribution in [2.75, 3.05) is 26.2 Å². The molecule has 0 aromatic carbocycles. The van der Waals surface area contributed by atoms with Crippen molar-refractivity contribution >= 4 is 0 Å². The summed E-state index contributed by atoms with van der Waals surface area (Å²) in [7, 11) is 0. The van der Waals surface area contributed by atoms with Gasteiger partial charge < -0.3 is 10.6 Å². The Bertz CT molecular complexity index is 232. The van der Waals surface area contributed by atoms with Gasteiger partial charge in [-0.05, 0) is 38.6 Å². The maximum atomic E-state index is 3.79. The highest BCUT2D eigenvalue weighted by Crippen LogP contribution is 2.29. The number of likely N-dealkylation sites (tertiary alicyclic amines) is 1. The number of nitrogens with one attached hydrogen (secondary N) is 2. The van der Waals surface area contributed by atoms with Gasteiger partial charge in [0.15, 0.2) is 0 Å². The predicted molar refractivity (Wildman–Crippen MR) is 71.3 cm³/mol. The van der Waals surface area contributed by atoms with Crippen molar-refractivity contribution in [3.8, 4) is 0 Å². The van der Waals surface area contributed by atoms with Crippen LogP contribution in [-0.2, 0) is 0 Å². The van der Waals surface area contributed by atoms with Gasteiger partial charge in [-0.1, -0.05) is 12.8 Å². The summed E-state index contributed by atoms with van der Waals surface area (Å²) >= 11 is 0. The quantitative estimate of drug-likeness (QED) is 0.773. The summed E-state index contributed by atoms with van der Waals surface area (Å²) in [4.78, 5) is 2.69. The zero-order chi connectivity index (χ0) is 11.5. The van der Waals surface area contributed by atoms with Crippen LogP contribution >= 0.6 is 0 Å². The standard InChI is InChI=1S/C14H27N3/c1-2-4-12(15-8-3-1)10-16-13-7-9-17(11-13)14-5-6-14/h12-16H,1-11H2. The second kappa shape index (κ2) is 5.68. The van der Waals surface area contributed by atoms with Crippen LogP contribution in [0.15, 0.2) is 0 Å². The molecule has 0 aromatic heterocycles. The highest BCUT2D eigenvalue weighted by molar-refractivity contribution is 4.92. The summed E-state index contributed by atoms with van der Waals surface area (Å²) < 4.78 is 0. The monoisotopic (exact) mass is 237 g/mol. The first-order valence-corrected chi connectivity index (χ1v) is 7.62. The molecule has 3 nitrogen and oxygen atoms in total. The summed E-state index contributed by atoms with van der Waals surface area (Å²) in [6.45, 7) is 5.05. The van der Waals surface area contributed by atoms with E-state index in [9.17, 15) is 0 Å². The van der Waals surface area contributed by atoms with Crippen LogP contribution < -0.4 is 10.6 Å². The third kappa shape index (κ3) is 3.43. The maximum Gasteiger partial charge on any atom is 0.0207 e. The minimum atomic E-state index is 0.729. The van der Waals surface area contributed by atoms with Gasteiger partial charge in [-0.15, -0.1) is 0 Å². The fraction of sp³-hybridized carbons (Fsp3) is 1.00. The van der Waals surface area contributed by atoms with E-state index in [0.717, 1.165) is 18.1 Å². The molecule has 3 rings (SSSR count). The molecule has 0 amide bonds. The average Bonchev–Trinajstić information content (AvgIpc) is 3.13. The Morgan fingerprint density at radius 3 is 2.88 bits per heavy atom. The Kier molecular flexibility index (Phi) is 3.99. The zero-order valence-corrected chi connectivity index (χ0v) is 11.0. The first-order chi connectivity index (χ1) is 8.42. The summed E-state index contributed by atoms with van der Waals surface area (Å²) in [5, 5.41) is 7.46. The molecule has 2 heterocycles. The fourth-order valence-corrected chi connectivity index (χ4v) is 3.31. The van der Waals surface area contributed by atoms with Crippen LogP contribution in [-0.4, -0.2) is 49.2 Å². The molecule has 3 aliphatic rings. The molecule has 0 radical (unpaired) electrons. The lowest BCUT2D eigenvalue weighted by Crippen LogP contribution is -2.43. The van der Waals surface area contributed by atoms with Crippen LogP contribution in [0, 0.1) is 0 Å². The molecule has 3 fully saturated rings. The molecule has 2 atom stereocenters. The molecule has 98 valence electrons. The van der Waals surface area contributed by atoms with Crippen molar-refractivity contribution in [2.45, 2.75) is 63.1 Å². The smallest absolute Gasteiger partial charge is 0.0207 e. The molecule has 2 aliphatic heterocycles. The molecule has 2 saturated heterocycles. The van der Waals surface area contributed by atoms with E-state index in [2.05, 4.69) is 15.5 Å². The summed E-state index contributed by atoms with van der Waals surface area (Å²) in [5.41, 5.74) is 0. The van der Waals surface area contributed by atoms with Crippen molar-refractivity contribution in [3.63, 3.8) is 0 Å². The third-order valence-corrected chi connectivity index (χ3v) is 4.60. The van der Waals surface area contributed by atoms with E-state index >= 15 is 0 Å². The van der Waals surface area contributed by atoms with Crippen molar-refractivity contribution < 1.29 is 0 Å². The third-order valence-electron chi connectivity index (χ3n) is 4.60. The molecule has 0 bridgehead atoms. The van der Waals surface area contributed by atoms with Gasteiger partial charge in [0.2, 0.25) is 0 Å². The highest BCUT2D eigenvalue weighted by atomic mass is 15.2. The highest BCUT2D eigenvalue weighted by Gasteiger charge is 2.34. The Morgan fingerprint density at radius 2 is 2.00 bits per heavy atom. The number of nitrogens with zero attached hydrogens (tertiary/aromatic N) is 1. The van der Waals surface area contributed by atoms with Crippen molar-refractivity contribution in [1.29, 1.82) is 0 Å². The molecule has 3 heteroatoms. The van der Waals surface area contributed by atoms with Crippen LogP contribution in [0.2, 0.25) is 0 Å². The number of hydrogen-bond donors (Lipinski definition) is 2. The summed E-state index contributed by atoms with van der Waals surface area (Å²) in [6.07, 6.45) is 9.85. The van der Waals surface area contributed by atoms with Crippen molar-refractivity contribution in [3.05, 3.63) is 0 Å². The van der Waals surface area contributed by atoms with Crippen LogP contribution in [0.4, 0.5) is 0 Å². The van der Waals surface area contributed by atoms with Crippen molar-refractivity contribution in [2.24, 2.45) is 0 Å². The van der Waals surface area contributed by atoms with Gasteiger partial charge in [0.25, 0.3) is 0 Å². The fourth-order valence-electron chi connectivity index (χ4n) is 3.31. The first-order valence-electron chi connectivity index (χ1n) is 7.62. The lowest BCUT2D eigenvalue weighted by atomic mass is 10.1. The van der Waals surface area contributed by atoms with E-state index in [1.807, 2.05) is 0 Å². The molecule has 1 saturated carbocycles. The Balaban J connectivity index is 1.36. The molecule has 1 aliphatic carbocycles. The van der Waals surface area contributed by atoms with E-state index in [4.69, 9.17) is 0 Å². The summed E-state index contributed by atoms with van der Waals surface area (Å²) in [6, 6.07) is 2.45. The van der Waals surface area contributed by atoms with Crippen LogP contribution in [0.3, 0.4) is 0 Å². The van der Waals surface area contributed by atoms with E-state index in [-0.39, 0.29) is 0 Å². The van der Waals surface area contributed by atoms with Gasteiger partial charge in [-0.25, -0.2) is 0 Å². The molecule has 2 unspecified atom stereocenters. The molecular formula is C14H27N3. The van der Waals surface area contributed by atoms with Gasteiger partial charge in [-0.2, -0.15) is 0 Å². The van der Waals surface area contributed by atoms with Gasteiger partial charge >= 0.3 is 0 Å². The van der Waals surface area contributed by atoms with Gasteiger partial charge in [0.05, 0.1) is 0 Å². The number of rotatable bonds is 4. The van der Waals surface area contributed by atoms with Gasteiger partial charge in [-0.3, -0.25) is 4.90 Å². The first kappa shape index (κ1) is 11.9. The molecular weight excluding hydrogens is 210 g/mol. The zero-order valence-electron chi connectivity index (χ0n) is 11.0. The Morgan fingerprint density at radius 1 is 1.06 bits per heavy atom. The van der Waals surface area contributed by atoms with E-state index in [1.165, 1.54) is 71.1 Å². The topological polar surface area (TPSA) is 27.3 Å². The normalized spacial score (nSPS) is 36.0. The molecule has 0 spiro atoms. The van der Waals surface area contributed by atoms with Crippen LogP contribution in [0.25, 0.3) is 0 Å². The SMILES string of the molecule is C1CCNC(CNC2CCN(C3CC3)C2)CC1. The van der Waals surface area contributed by atoms with E-state index < -0.39 is 0 Å². The molecule has 17 heavy (non-hydrogen) atoms. The lowest BCUT2D eigenvalue weighted by Gasteiger charge is -2.20. The second-order valence-electron chi connectivity index (χ2n) is 6.12. The van der Waals surface area contributed by atoms with Crippen LogP contribution in [0.1, 0.15) is 44.9 Å². The van der Waals surface area contributed by atoms with Gasteiger partial charge in [0.1, 0.15) is 0 Å². The minimum absolute atomic E-state index is 0.729. The lowest BCUT2D eigenvalue weighted by molar-refractivity contribution is 0.315. The van der Waals surface area contributed by atoms with E-state index in [1.54, 1.807) is 0 Å². The summed E-state index contributed by atoms with van der Waals surface area (Å²) in [5.74, 6) is 0. The Labute approximate surface area is 105 Å². The Hall–Kier alpha value is -0.120. The molecule has 0 aromatic rings. The average molecular weight is 237 g/mol. The predicted octanol–water partition coefficient (Wildman–Crippen LogP) is 1.34. The largest absolute Gasteiger partial charge is 0.313 e. The van der Waals surface area contributed by atoms with Crippen molar-refractivity contribution in [1.82, 2.24) is 15.5 Å². The van der Waals surface area contributed by atoms with Gasteiger partial charge in [0, 0.05) is 37.8 Å². The second-order valence-corrected chi connectivity index (χ2v) is 6.12.